The smallest absolute Gasteiger partial charge is 0.0622 e. The van der Waals surface area contributed by atoms with Crippen molar-refractivity contribution in [2.75, 3.05) is 0 Å². The molecule has 4 aromatic rings. The Morgan fingerprint density at radius 1 is 0.536 bits per heavy atom. The molecule has 2 heteroatoms. The normalized spacial score (nSPS) is 12.5. The Morgan fingerprint density at radius 2 is 0.929 bits per heavy atom. The number of alkyl halides is 1. The van der Waals surface area contributed by atoms with Gasteiger partial charge >= 0.3 is 0 Å². The van der Waals surface area contributed by atoms with Crippen LogP contribution in [0.2, 0.25) is 0 Å². The summed E-state index contributed by atoms with van der Waals surface area (Å²) in [7, 11) is -1.82. The van der Waals surface area contributed by atoms with Gasteiger partial charge in [-0.1, -0.05) is 97.1 Å². The Hall–Kier alpha value is -2.21. The van der Waals surface area contributed by atoms with Crippen LogP contribution < -0.4 is 10.6 Å². The van der Waals surface area contributed by atoms with Crippen molar-refractivity contribution in [3.8, 4) is 0 Å². The van der Waals surface area contributed by atoms with Crippen molar-refractivity contribution < 1.29 is 0 Å². The number of halogens is 1. The molecule has 138 valence electrons. The van der Waals surface area contributed by atoms with Crippen molar-refractivity contribution in [3.05, 3.63) is 132 Å². The second-order valence-corrected chi connectivity index (χ2v) is 12.2. The molecule has 0 nitrogen and oxygen atoms in total. The SMILES string of the molecule is BrC(c1ccccc1)[P+](Cc1ccccc1)(c1ccccc1)c1ccccc1. The predicted octanol–water partition coefficient (Wildman–Crippen LogP) is 6.95. The maximum atomic E-state index is 4.19. The van der Waals surface area contributed by atoms with Crippen LogP contribution in [0, 0.1) is 0 Å². The van der Waals surface area contributed by atoms with Gasteiger partial charge in [-0.2, -0.15) is 0 Å². The summed E-state index contributed by atoms with van der Waals surface area (Å²) in [5.41, 5.74) is 2.71. The summed E-state index contributed by atoms with van der Waals surface area (Å²) in [4.78, 5) is 0. The van der Waals surface area contributed by atoms with E-state index in [1.54, 1.807) is 0 Å². The maximum Gasteiger partial charge on any atom is 0.158 e. The van der Waals surface area contributed by atoms with Crippen molar-refractivity contribution >= 4 is 33.8 Å². The van der Waals surface area contributed by atoms with Crippen molar-refractivity contribution in [2.24, 2.45) is 0 Å². The van der Waals surface area contributed by atoms with Crippen LogP contribution in [0.5, 0.6) is 0 Å². The number of hydrogen-bond acceptors (Lipinski definition) is 0. The number of hydrogen-bond donors (Lipinski definition) is 0. The van der Waals surface area contributed by atoms with Crippen molar-refractivity contribution in [2.45, 2.75) is 10.7 Å². The molecule has 0 spiro atoms. The summed E-state index contributed by atoms with van der Waals surface area (Å²) in [6, 6.07) is 43.9. The van der Waals surface area contributed by atoms with Gasteiger partial charge in [-0.15, -0.1) is 0 Å². The first-order chi connectivity index (χ1) is 13.8. The summed E-state index contributed by atoms with van der Waals surface area (Å²) in [6.07, 6.45) is 1.02. The lowest BCUT2D eigenvalue weighted by Crippen LogP contribution is -2.27. The molecular weight excluding hydrogens is 423 g/mol. The molecule has 1 unspecified atom stereocenters. The molecule has 0 aliphatic rings. The molecule has 0 saturated heterocycles. The fourth-order valence-electron chi connectivity index (χ4n) is 3.80. The molecule has 0 bridgehead atoms. The van der Waals surface area contributed by atoms with Crippen LogP contribution in [0.4, 0.5) is 0 Å². The molecular formula is C26H23BrP+. The average Bonchev–Trinajstić information content (AvgIpc) is 2.79. The second kappa shape index (κ2) is 8.86. The molecule has 1 atom stereocenters. The molecule has 0 amide bonds. The van der Waals surface area contributed by atoms with Crippen LogP contribution in [0.15, 0.2) is 121 Å². The van der Waals surface area contributed by atoms with Gasteiger partial charge in [0.1, 0.15) is 17.9 Å². The third-order valence-electron chi connectivity index (χ3n) is 5.17. The van der Waals surface area contributed by atoms with E-state index >= 15 is 0 Å². The Bertz CT molecular complexity index is 946. The van der Waals surface area contributed by atoms with Gasteiger partial charge < -0.3 is 0 Å². The zero-order valence-electron chi connectivity index (χ0n) is 15.7. The van der Waals surface area contributed by atoms with Gasteiger partial charge in [0.25, 0.3) is 0 Å². The first-order valence-electron chi connectivity index (χ1n) is 9.52. The summed E-state index contributed by atoms with van der Waals surface area (Å²) in [6.45, 7) is 0. The number of benzene rings is 4. The van der Waals surface area contributed by atoms with Crippen LogP contribution in [0.1, 0.15) is 15.7 Å². The fourth-order valence-corrected chi connectivity index (χ4v) is 10.2. The molecule has 28 heavy (non-hydrogen) atoms. The summed E-state index contributed by atoms with van der Waals surface area (Å²) < 4.78 is 0.242. The van der Waals surface area contributed by atoms with Gasteiger partial charge in [0, 0.05) is 5.56 Å². The Kier molecular flexibility index (Phi) is 6.05. The molecule has 0 heterocycles. The quantitative estimate of drug-likeness (QED) is 0.222. The minimum atomic E-state index is -1.82. The minimum absolute atomic E-state index is 0.242. The van der Waals surface area contributed by atoms with E-state index in [-0.39, 0.29) is 4.57 Å². The van der Waals surface area contributed by atoms with E-state index in [1.165, 1.54) is 21.7 Å². The van der Waals surface area contributed by atoms with Gasteiger partial charge in [-0.25, -0.2) is 0 Å². The highest BCUT2D eigenvalue weighted by atomic mass is 79.9. The first-order valence-corrected chi connectivity index (χ1v) is 12.5. The molecule has 0 saturated carbocycles. The predicted molar refractivity (Wildman–Crippen MR) is 127 cm³/mol. The Labute approximate surface area is 176 Å². The van der Waals surface area contributed by atoms with Crippen LogP contribution in [-0.4, -0.2) is 0 Å². The highest BCUT2D eigenvalue weighted by molar-refractivity contribution is 9.10. The van der Waals surface area contributed by atoms with Crippen molar-refractivity contribution in [3.63, 3.8) is 0 Å². The lowest BCUT2D eigenvalue weighted by molar-refractivity contribution is 1.30. The zero-order valence-corrected chi connectivity index (χ0v) is 18.1. The average molecular weight is 446 g/mol. The third-order valence-corrected chi connectivity index (χ3v) is 12.2. The molecule has 0 radical (unpaired) electrons. The second-order valence-electron chi connectivity index (χ2n) is 6.93. The van der Waals surface area contributed by atoms with E-state index in [1.807, 2.05) is 0 Å². The highest BCUT2D eigenvalue weighted by Crippen LogP contribution is 2.72. The molecule has 0 aliphatic heterocycles. The molecule has 4 aromatic carbocycles. The zero-order chi connectivity index (χ0) is 19.2. The molecule has 0 aromatic heterocycles. The minimum Gasteiger partial charge on any atom is -0.0622 e. The van der Waals surface area contributed by atoms with Gasteiger partial charge in [0.2, 0.25) is 0 Å². The fraction of sp³-hybridized carbons (Fsp3) is 0.0769. The van der Waals surface area contributed by atoms with Gasteiger partial charge in [0.15, 0.2) is 4.57 Å². The van der Waals surface area contributed by atoms with Gasteiger partial charge in [-0.3, -0.25) is 0 Å². The van der Waals surface area contributed by atoms with Crippen molar-refractivity contribution in [1.82, 2.24) is 0 Å². The van der Waals surface area contributed by atoms with Gasteiger partial charge in [0.05, 0.1) is 6.16 Å². The summed E-state index contributed by atoms with van der Waals surface area (Å²) in [5, 5.41) is 2.85. The lowest BCUT2D eigenvalue weighted by atomic mass is 10.2. The summed E-state index contributed by atoms with van der Waals surface area (Å²) in [5.74, 6) is 0. The van der Waals surface area contributed by atoms with Crippen LogP contribution in [0.25, 0.3) is 0 Å². The van der Waals surface area contributed by atoms with E-state index in [9.17, 15) is 0 Å². The Morgan fingerprint density at radius 3 is 1.39 bits per heavy atom. The van der Waals surface area contributed by atoms with E-state index < -0.39 is 7.26 Å². The molecule has 0 fully saturated rings. The number of rotatable bonds is 6. The van der Waals surface area contributed by atoms with E-state index in [0.29, 0.717) is 0 Å². The van der Waals surface area contributed by atoms with Crippen LogP contribution >= 0.6 is 23.2 Å². The lowest BCUT2D eigenvalue weighted by Gasteiger charge is -2.32. The summed E-state index contributed by atoms with van der Waals surface area (Å²) >= 11 is 4.19. The first kappa shape index (κ1) is 19.1. The monoisotopic (exact) mass is 445 g/mol. The van der Waals surface area contributed by atoms with E-state index in [4.69, 9.17) is 0 Å². The maximum absolute atomic E-state index is 4.19. The standard InChI is InChI=1S/C26H23BrP/c27-26(23-15-7-2-8-16-23)28(24-17-9-3-10-18-24,25-19-11-4-12-20-25)21-22-13-5-1-6-14-22/h1-20,26H,21H2/q+1. The molecule has 0 N–H and O–H groups in total. The van der Waals surface area contributed by atoms with Crippen LogP contribution in [0.3, 0.4) is 0 Å². The molecule has 4 rings (SSSR count). The Balaban J connectivity index is 1.96. The van der Waals surface area contributed by atoms with E-state index in [2.05, 4.69) is 137 Å². The molecule has 0 aliphatic carbocycles. The highest BCUT2D eigenvalue weighted by Gasteiger charge is 2.49. The van der Waals surface area contributed by atoms with Crippen LogP contribution in [-0.2, 0) is 6.16 Å². The third kappa shape index (κ3) is 3.83. The van der Waals surface area contributed by atoms with Crippen molar-refractivity contribution in [1.29, 1.82) is 0 Å². The van der Waals surface area contributed by atoms with Gasteiger partial charge in [-0.05, 0) is 45.8 Å². The topological polar surface area (TPSA) is 0 Å². The largest absolute Gasteiger partial charge is 0.158 e. The van der Waals surface area contributed by atoms with E-state index in [0.717, 1.165) is 6.16 Å².